The lowest BCUT2D eigenvalue weighted by molar-refractivity contribution is -0.138. The zero-order valence-electron chi connectivity index (χ0n) is 9.64. The van der Waals surface area contributed by atoms with Crippen molar-refractivity contribution in [3.63, 3.8) is 0 Å². The molecule has 0 unspecified atom stereocenters. The molecule has 4 heteroatoms. The molecule has 0 aliphatic rings. The molecule has 0 radical (unpaired) electrons. The normalized spacial score (nSPS) is 9.94. The van der Waals surface area contributed by atoms with Crippen LogP contribution < -0.4 is 0 Å². The van der Waals surface area contributed by atoms with Gasteiger partial charge in [-0.1, -0.05) is 30.3 Å². The second kappa shape index (κ2) is 6.70. The Morgan fingerprint density at radius 1 is 1.12 bits per heavy atom. The van der Waals surface area contributed by atoms with Crippen LogP contribution in [-0.2, 0) is 25.7 Å². The summed E-state index contributed by atoms with van der Waals surface area (Å²) in [6.07, 6.45) is -0.371. The molecule has 0 heterocycles. The fourth-order valence-electron chi connectivity index (χ4n) is 1.21. The second-order valence-electron chi connectivity index (χ2n) is 3.67. The minimum Gasteiger partial charge on any atom is -0.369 e. The highest BCUT2D eigenvalue weighted by Gasteiger charge is 2.13. The van der Waals surface area contributed by atoms with E-state index in [1.165, 1.54) is 0 Å². The molecule has 0 spiro atoms. The first kappa shape index (κ1) is 13.3. The Bertz CT molecular complexity index is 409. The summed E-state index contributed by atoms with van der Waals surface area (Å²) in [5.41, 5.74) is 0.957. The third-order valence-electron chi connectivity index (χ3n) is 2.13. The van der Waals surface area contributed by atoms with Gasteiger partial charge in [0.15, 0.2) is 11.6 Å². The third-order valence-corrected chi connectivity index (χ3v) is 2.13. The van der Waals surface area contributed by atoms with Crippen LogP contribution in [0.3, 0.4) is 0 Å². The van der Waals surface area contributed by atoms with Crippen molar-refractivity contribution in [2.75, 3.05) is 6.61 Å². The predicted molar refractivity (Wildman–Crippen MR) is 61.4 cm³/mol. The first-order valence-electron chi connectivity index (χ1n) is 5.26. The lowest BCUT2D eigenvalue weighted by Crippen LogP contribution is -2.18. The molecule has 17 heavy (non-hydrogen) atoms. The van der Waals surface area contributed by atoms with Gasteiger partial charge in [-0.25, -0.2) is 0 Å². The fourth-order valence-corrected chi connectivity index (χ4v) is 1.21. The first-order valence-corrected chi connectivity index (χ1v) is 5.26. The molecule has 0 amide bonds. The molecule has 0 bridgehead atoms. The van der Waals surface area contributed by atoms with E-state index in [1.54, 1.807) is 0 Å². The van der Waals surface area contributed by atoms with Gasteiger partial charge in [-0.3, -0.25) is 14.4 Å². The highest BCUT2D eigenvalue weighted by atomic mass is 16.5. The maximum Gasteiger partial charge on any atom is 0.205 e. The maximum absolute atomic E-state index is 11.3. The number of carbonyl (C=O) groups is 3. The summed E-state index contributed by atoms with van der Waals surface area (Å²) in [4.78, 5) is 32.8. The number of benzene rings is 1. The van der Waals surface area contributed by atoms with Gasteiger partial charge < -0.3 is 4.74 Å². The number of ether oxygens (including phenoxy) is 1. The molecule has 0 aliphatic heterocycles. The van der Waals surface area contributed by atoms with Crippen LogP contribution in [-0.4, -0.2) is 24.0 Å². The van der Waals surface area contributed by atoms with Gasteiger partial charge in [0, 0.05) is 6.92 Å². The van der Waals surface area contributed by atoms with Crippen LogP contribution in [0.25, 0.3) is 0 Å². The van der Waals surface area contributed by atoms with E-state index in [4.69, 9.17) is 4.74 Å². The van der Waals surface area contributed by atoms with E-state index in [0.717, 1.165) is 12.5 Å². The molecule has 0 aliphatic carbocycles. The van der Waals surface area contributed by atoms with Crippen LogP contribution >= 0.6 is 0 Å². The number of hydrogen-bond donors (Lipinski definition) is 0. The molecule has 0 aromatic heterocycles. The fraction of sp³-hybridized carbons (Fsp3) is 0.308. The van der Waals surface area contributed by atoms with Crippen LogP contribution in [0.2, 0.25) is 0 Å². The van der Waals surface area contributed by atoms with E-state index in [0.29, 0.717) is 6.61 Å². The molecule has 1 aromatic rings. The van der Waals surface area contributed by atoms with Crippen molar-refractivity contribution >= 4 is 17.3 Å². The van der Waals surface area contributed by atoms with Crippen molar-refractivity contribution in [3.05, 3.63) is 35.9 Å². The van der Waals surface area contributed by atoms with Gasteiger partial charge in [-0.15, -0.1) is 0 Å². The molecule has 0 fully saturated rings. The smallest absolute Gasteiger partial charge is 0.205 e. The van der Waals surface area contributed by atoms with E-state index in [2.05, 4.69) is 0 Å². The van der Waals surface area contributed by atoms with Crippen LogP contribution in [0, 0.1) is 0 Å². The van der Waals surface area contributed by atoms with E-state index in [9.17, 15) is 14.4 Å². The highest BCUT2D eigenvalue weighted by molar-refractivity contribution is 6.39. The molecule has 1 rings (SSSR count). The summed E-state index contributed by atoms with van der Waals surface area (Å²) in [6, 6.07) is 9.40. The lowest BCUT2D eigenvalue weighted by Gasteiger charge is -2.02. The monoisotopic (exact) mass is 234 g/mol. The maximum atomic E-state index is 11.3. The number of rotatable bonds is 7. The molecular weight excluding hydrogens is 220 g/mol. The Balaban J connectivity index is 2.25. The van der Waals surface area contributed by atoms with E-state index in [1.807, 2.05) is 30.3 Å². The van der Waals surface area contributed by atoms with Gasteiger partial charge in [-0.2, -0.15) is 0 Å². The van der Waals surface area contributed by atoms with Crippen molar-refractivity contribution in [2.24, 2.45) is 0 Å². The summed E-state index contributed by atoms with van der Waals surface area (Å²) in [7, 11) is 0. The average Bonchev–Trinajstić information content (AvgIpc) is 2.30. The zero-order chi connectivity index (χ0) is 12.7. The van der Waals surface area contributed by atoms with Crippen LogP contribution in [0.1, 0.15) is 18.9 Å². The SMILES string of the molecule is CC(=O)C(=O)CC(=O)COCc1ccccc1. The molecule has 0 N–H and O–H groups in total. The highest BCUT2D eigenvalue weighted by Crippen LogP contribution is 2.00. The Labute approximate surface area is 99.6 Å². The van der Waals surface area contributed by atoms with Gasteiger partial charge in [0.1, 0.15) is 6.61 Å². The number of carbonyl (C=O) groups excluding carboxylic acids is 3. The summed E-state index contributed by atoms with van der Waals surface area (Å²) in [5.74, 6) is -1.64. The predicted octanol–water partition coefficient (Wildman–Crippen LogP) is 1.32. The Hall–Kier alpha value is -1.81. The van der Waals surface area contributed by atoms with Gasteiger partial charge in [0.25, 0.3) is 0 Å². The van der Waals surface area contributed by atoms with Crippen LogP contribution in [0.15, 0.2) is 30.3 Å². The minimum atomic E-state index is -0.668. The quantitative estimate of drug-likeness (QED) is 0.527. The topological polar surface area (TPSA) is 60.4 Å². The minimum absolute atomic E-state index is 0.145. The third kappa shape index (κ3) is 5.17. The zero-order valence-corrected chi connectivity index (χ0v) is 9.64. The van der Waals surface area contributed by atoms with Crippen molar-refractivity contribution in [1.82, 2.24) is 0 Å². The van der Waals surface area contributed by atoms with Gasteiger partial charge in [-0.05, 0) is 5.56 Å². The lowest BCUT2D eigenvalue weighted by atomic mass is 10.1. The Morgan fingerprint density at radius 3 is 2.35 bits per heavy atom. The molecule has 1 aromatic carbocycles. The first-order chi connectivity index (χ1) is 8.09. The molecule has 0 saturated heterocycles. The molecule has 4 nitrogen and oxygen atoms in total. The Morgan fingerprint density at radius 2 is 1.76 bits per heavy atom. The van der Waals surface area contributed by atoms with Crippen molar-refractivity contribution in [1.29, 1.82) is 0 Å². The molecule has 0 atom stereocenters. The van der Waals surface area contributed by atoms with E-state index < -0.39 is 11.6 Å². The summed E-state index contributed by atoms with van der Waals surface area (Å²) in [5, 5.41) is 0. The van der Waals surface area contributed by atoms with Crippen molar-refractivity contribution in [3.8, 4) is 0 Å². The van der Waals surface area contributed by atoms with Gasteiger partial charge in [0.05, 0.1) is 13.0 Å². The van der Waals surface area contributed by atoms with Crippen molar-refractivity contribution in [2.45, 2.75) is 20.0 Å². The summed E-state index contributed by atoms with van der Waals surface area (Å²) < 4.78 is 5.15. The Kier molecular flexibility index (Phi) is 5.23. The van der Waals surface area contributed by atoms with Crippen molar-refractivity contribution < 1.29 is 19.1 Å². The second-order valence-corrected chi connectivity index (χ2v) is 3.67. The number of ketones is 3. The molecular formula is C13H14O4. The number of hydrogen-bond acceptors (Lipinski definition) is 4. The average molecular weight is 234 g/mol. The van der Waals surface area contributed by atoms with Crippen LogP contribution in [0.5, 0.6) is 0 Å². The van der Waals surface area contributed by atoms with Crippen LogP contribution in [0.4, 0.5) is 0 Å². The molecule has 90 valence electrons. The summed E-state index contributed by atoms with van der Waals surface area (Å²) in [6.45, 7) is 1.33. The van der Waals surface area contributed by atoms with E-state index in [-0.39, 0.29) is 18.8 Å². The largest absolute Gasteiger partial charge is 0.369 e. The van der Waals surface area contributed by atoms with Gasteiger partial charge >= 0.3 is 0 Å². The number of Topliss-reactive ketones (excluding diaryl/α,β-unsaturated/α-hetero) is 3. The standard InChI is InChI=1S/C13H14O4/c1-10(14)13(16)7-12(15)9-17-8-11-5-3-2-4-6-11/h2-6H,7-9H2,1H3. The molecule has 0 saturated carbocycles. The summed E-state index contributed by atoms with van der Waals surface area (Å²) >= 11 is 0. The van der Waals surface area contributed by atoms with Gasteiger partial charge in [0.2, 0.25) is 5.78 Å². The van der Waals surface area contributed by atoms with E-state index >= 15 is 0 Å².